The molecule has 0 bridgehead atoms. The lowest BCUT2D eigenvalue weighted by atomic mass is 10.4. The molecule has 0 nitrogen and oxygen atoms in total. The lowest BCUT2D eigenvalue weighted by Gasteiger charge is -2.23. The summed E-state index contributed by atoms with van der Waals surface area (Å²) in [5, 5.41) is 2.88. The van der Waals surface area contributed by atoms with Crippen molar-refractivity contribution in [1.29, 1.82) is 0 Å². The maximum atomic E-state index is 3.68. The SMILES string of the molecule is CC(C)[P@@](c1ccccc1)c1ccccc1Br. The lowest BCUT2D eigenvalue weighted by Crippen LogP contribution is -2.18. The van der Waals surface area contributed by atoms with Crippen molar-refractivity contribution in [3.8, 4) is 0 Å². The molecule has 0 aliphatic carbocycles. The van der Waals surface area contributed by atoms with Crippen molar-refractivity contribution in [1.82, 2.24) is 0 Å². The Bertz CT molecular complexity index is 479. The summed E-state index contributed by atoms with van der Waals surface area (Å²) in [6.45, 7) is 4.61. The highest BCUT2D eigenvalue weighted by molar-refractivity contribution is 9.10. The summed E-state index contributed by atoms with van der Waals surface area (Å²) in [7, 11) is -0.278. The Morgan fingerprint density at radius 3 is 2.06 bits per heavy atom. The standard InChI is InChI=1S/C15H16BrP/c1-12(2)17(13-8-4-3-5-9-13)15-11-7-6-10-14(15)16/h3-12H,1-2H3/t17-/m0/s1. The Morgan fingerprint density at radius 2 is 1.47 bits per heavy atom. The molecule has 0 aliphatic rings. The lowest BCUT2D eigenvalue weighted by molar-refractivity contribution is 1.10. The van der Waals surface area contributed by atoms with Gasteiger partial charge in [-0.15, -0.1) is 0 Å². The summed E-state index contributed by atoms with van der Waals surface area (Å²) < 4.78 is 1.23. The molecule has 2 heteroatoms. The molecule has 88 valence electrons. The molecule has 17 heavy (non-hydrogen) atoms. The smallest absolute Gasteiger partial charge is 0.0255 e. The first-order chi connectivity index (χ1) is 8.20. The number of rotatable bonds is 3. The van der Waals surface area contributed by atoms with Gasteiger partial charge in [-0.3, -0.25) is 0 Å². The predicted molar refractivity (Wildman–Crippen MR) is 81.9 cm³/mol. The van der Waals surface area contributed by atoms with Crippen LogP contribution in [-0.4, -0.2) is 5.66 Å². The van der Waals surface area contributed by atoms with Crippen LogP contribution in [0.2, 0.25) is 0 Å². The van der Waals surface area contributed by atoms with Gasteiger partial charge in [-0.25, -0.2) is 0 Å². The number of benzene rings is 2. The van der Waals surface area contributed by atoms with E-state index in [2.05, 4.69) is 84.4 Å². The maximum Gasteiger partial charge on any atom is 0.0255 e. The van der Waals surface area contributed by atoms with E-state index >= 15 is 0 Å². The first kappa shape index (κ1) is 12.8. The average Bonchev–Trinajstić information content (AvgIpc) is 2.33. The molecule has 0 aromatic heterocycles. The summed E-state index contributed by atoms with van der Waals surface area (Å²) in [5.74, 6) is 0. The largest absolute Gasteiger partial charge is 0.0622 e. The molecule has 0 saturated heterocycles. The van der Waals surface area contributed by atoms with Crippen LogP contribution in [0.25, 0.3) is 0 Å². The van der Waals surface area contributed by atoms with E-state index in [4.69, 9.17) is 0 Å². The van der Waals surface area contributed by atoms with Gasteiger partial charge in [-0.2, -0.15) is 0 Å². The Kier molecular flexibility index (Phi) is 4.36. The quantitative estimate of drug-likeness (QED) is 0.742. The van der Waals surface area contributed by atoms with Crippen molar-refractivity contribution in [3.05, 3.63) is 59.1 Å². The van der Waals surface area contributed by atoms with E-state index < -0.39 is 0 Å². The van der Waals surface area contributed by atoms with E-state index in [1.807, 2.05) is 0 Å². The van der Waals surface area contributed by atoms with Crippen molar-refractivity contribution in [2.75, 3.05) is 0 Å². The third-order valence-corrected chi connectivity index (χ3v) is 6.46. The van der Waals surface area contributed by atoms with E-state index in [1.54, 1.807) is 0 Å². The molecule has 0 amide bonds. The van der Waals surface area contributed by atoms with E-state index in [0.717, 1.165) is 0 Å². The van der Waals surface area contributed by atoms with Crippen molar-refractivity contribution < 1.29 is 0 Å². The van der Waals surface area contributed by atoms with Gasteiger partial charge in [0.2, 0.25) is 0 Å². The summed E-state index contributed by atoms with van der Waals surface area (Å²) in [6.07, 6.45) is 0. The van der Waals surface area contributed by atoms with Crippen LogP contribution in [0.3, 0.4) is 0 Å². The van der Waals surface area contributed by atoms with Gasteiger partial charge in [-0.1, -0.05) is 78.3 Å². The second kappa shape index (κ2) is 5.80. The summed E-state index contributed by atoms with van der Waals surface area (Å²) in [4.78, 5) is 0. The second-order valence-electron chi connectivity index (χ2n) is 4.25. The Labute approximate surface area is 113 Å². The number of hydrogen-bond acceptors (Lipinski definition) is 0. The topological polar surface area (TPSA) is 0 Å². The molecule has 0 saturated carbocycles. The molecule has 0 radical (unpaired) electrons. The molecular formula is C15H16BrP. The van der Waals surface area contributed by atoms with Gasteiger partial charge < -0.3 is 0 Å². The van der Waals surface area contributed by atoms with Crippen LogP contribution in [0.5, 0.6) is 0 Å². The summed E-state index contributed by atoms with van der Waals surface area (Å²) in [6, 6.07) is 19.4. The predicted octanol–water partition coefficient (Wildman–Crippen LogP) is 4.29. The fraction of sp³-hybridized carbons (Fsp3) is 0.200. The highest BCUT2D eigenvalue weighted by Gasteiger charge is 2.19. The van der Waals surface area contributed by atoms with Crippen LogP contribution >= 0.6 is 23.9 Å². The molecule has 0 unspecified atom stereocenters. The van der Waals surface area contributed by atoms with Crippen LogP contribution in [0.4, 0.5) is 0 Å². The first-order valence-electron chi connectivity index (χ1n) is 5.79. The third kappa shape index (κ3) is 2.97. The molecule has 0 fully saturated rings. The minimum Gasteiger partial charge on any atom is -0.0622 e. The zero-order chi connectivity index (χ0) is 12.3. The fourth-order valence-electron chi connectivity index (χ4n) is 1.95. The Hall–Kier alpha value is -0.650. The number of hydrogen-bond donors (Lipinski definition) is 0. The van der Waals surface area contributed by atoms with E-state index in [-0.39, 0.29) is 7.92 Å². The van der Waals surface area contributed by atoms with Crippen LogP contribution in [0.15, 0.2) is 59.1 Å². The highest BCUT2D eigenvalue weighted by Crippen LogP contribution is 2.40. The normalized spacial score (nSPS) is 12.7. The first-order valence-corrected chi connectivity index (χ1v) is 7.99. The van der Waals surface area contributed by atoms with Crippen molar-refractivity contribution in [2.24, 2.45) is 0 Å². The summed E-state index contributed by atoms with van der Waals surface area (Å²) >= 11 is 3.68. The molecule has 0 spiro atoms. The van der Waals surface area contributed by atoms with Crippen LogP contribution in [0.1, 0.15) is 13.8 Å². The van der Waals surface area contributed by atoms with Gasteiger partial charge in [-0.05, 0) is 30.3 Å². The Morgan fingerprint density at radius 1 is 0.882 bits per heavy atom. The van der Waals surface area contributed by atoms with Gasteiger partial charge in [0.15, 0.2) is 0 Å². The Balaban J connectivity index is 2.47. The van der Waals surface area contributed by atoms with Crippen molar-refractivity contribution in [2.45, 2.75) is 19.5 Å². The second-order valence-corrected chi connectivity index (χ2v) is 7.88. The van der Waals surface area contributed by atoms with Crippen LogP contribution < -0.4 is 10.6 Å². The van der Waals surface area contributed by atoms with Crippen LogP contribution in [-0.2, 0) is 0 Å². The molecule has 1 atom stereocenters. The molecule has 0 heterocycles. The molecule has 2 aromatic carbocycles. The van der Waals surface area contributed by atoms with Crippen molar-refractivity contribution in [3.63, 3.8) is 0 Å². The third-order valence-electron chi connectivity index (χ3n) is 2.66. The minimum absolute atomic E-state index is 0.278. The van der Waals surface area contributed by atoms with Gasteiger partial charge in [0, 0.05) is 4.47 Å². The van der Waals surface area contributed by atoms with Gasteiger partial charge >= 0.3 is 0 Å². The highest BCUT2D eigenvalue weighted by atomic mass is 79.9. The van der Waals surface area contributed by atoms with E-state index in [1.165, 1.54) is 15.1 Å². The van der Waals surface area contributed by atoms with Gasteiger partial charge in [0.05, 0.1) is 0 Å². The molecular weight excluding hydrogens is 291 g/mol. The molecule has 2 rings (SSSR count). The number of halogens is 1. The fourth-order valence-corrected chi connectivity index (χ4v) is 5.28. The van der Waals surface area contributed by atoms with Crippen LogP contribution in [0, 0.1) is 0 Å². The summed E-state index contributed by atoms with van der Waals surface area (Å²) in [5.41, 5.74) is 0.645. The molecule has 0 N–H and O–H groups in total. The molecule has 2 aromatic rings. The van der Waals surface area contributed by atoms with Crippen molar-refractivity contribution >= 4 is 34.5 Å². The zero-order valence-corrected chi connectivity index (χ0v) is 12.6. The minimum atomic E-state index is -0.278. The average molecular weight is 307 g/mol. The maximum absolute atomic E-state index is 3.68. The van der Waals surface area contributed by atoms with E-state index in [0.29, 0.717) is 5.66 Å². The molecule has 0 aliphatic heterocycles. The van der Waals surface area contributed by atoms with Gasteiger partial charge in [0.1, 0.15) is 0 Å². The van der Waals surface area contributed by atoms with Gasteiger partial charge in [0.25, 0.3) is 0 Å². The monoisotopic (exact) mass is 306 g/mol. The zero-order valence-electron chi connectivity index (χ0n) is 10.1. The van der Waals surface area contributed by atoms with E-state index in [9.17, 15) is 0 Å².